The third-order valence-electron chi connectivity index (χ3n) is 4.50. The van der Waals surface area contributed by atoms with Gasteiger partial charge in [-0.05, 0) is 23.8 Å². The largest absolute Gasteiger partial charge is 0.355 e. The van der Waals surface area contributed by atoms with Gasteiger partial charge >= 0.3 is 0 Å². The fourth-order valence-electron chi connectivity index (χ4n) is 3.01. The molecule has 0 unspecified atom stereocenters. The van der Waals surface area contributed by atoms with Crippen molar-refractivity contribution in [2.45, 2.75) is 6.54 Å². The van der Waals surface area contributed by atoms with Crippen molar-refractivity contribution in [2.24, 2.45) is 4.99 Å². The molecule has 2 heterocycles. The normalized spacial score (nSPS) is 15.6. The third kappa shape index (κ3) is 6.08. The SMILES string of the molecule is CN=C(NCCN1CCN(c2ncccn2)CC1)NCc1cccc(Cl)c1. The molecule has 1 aliphatic rings. The van der Waals surface area contributed by atoms with Crippen LogP contribution in [0.1, 0.15) is 5.56 Å². The van der Waals surface area contributed by atoms with E-state index >= 15 is 0 Å². The summed E-state index contributed by atoms with van der Waals surface area (Å²) in [6.07, 6.45) is 3.58. The number of anilines is 1. The Morgan fingerprint density at radius 1 is 1.11 bits per heavy atom. The molecule has 2 aromatic rings. The summed E-state index contributed by atoms with van der Waals surface area (Å²) in [6, 6.07) is 9.68. The van der Waals surface area contributed by atoms with E-state index in [4.69, 9.17) is 11.6 Å². The van der Waals surface area contributed by atoms with Crippen molar-refractivity contribution in [3.05, 3.63) is 53.3 Å². The summed E-state index contributed by atoms with van der Waals surface area (Å²) in [5.74, 6) is 1.62. The lowest BCUT2D eigenvalue weighted by atomic mass is 10.2. The second-order valence-corrected chi connectivity index (χ2v) is 6.80. The van der Waals surface area contributed by atoms with Crippen LogP contribution in [-0.2, 0) is 6.54 Å². The predicted octanol–water partition coefficient (Wildman–Crippen LogP) is 1.62. The van der Waals surface area contributed by atoms with Gasteiger partial charge in [0, 0.05) is 70.3 Å². The molecule has 0 spiro atoms. The molecule has 1 fully saturated rings. The van der Waals surface area contributed by atoms with Gasteiger partial charge in [0.2, 0.25) is 5.95 Å². The van der Waals surface area contributed by atoms with Crippen molar-refractivity contribution in [1.29, 1.82) is 0 Å². The first-order chi connectivity index (χ1) is 13.2. The highest BCUT2D eigenvalue weighted by atomic mass is 35.5. The summed E-state index contributed by atoms with van der Waals surface area (Å²) in [7, 11) is 1.78. The zero-order valence-electron chi connectivity index (χ0n) is 15.6. The lowest BCUT2D eigenvalue weighted by Crippen LogP contribution is -2.49. The summed E-state index contributed by atoms with van der Waals surface area (Å²) in [5.41, 5.74) is 1.13. The maximum Gasteiger partial charge on any atom is 0.225 e. The molecule has 1 aromatic carbocycles. The Hall–Kier alpha value is -2.38. The second-order valence-electron chi connectivity index (χ2n) is 6.36. The van der Waals surface area contributed by atoms with Crippen LogP contribution in [0.4, 0.5) is 5.95 Å². The van der Waals surface area contributed by atoms with Gasteiger partial charge in [-0.2, -0.15) is 0 Å². The van der Waals surface area contributed by atoms with Gasteiger partial charge in [0.1, 0.15) is 0 Å². The number of rotatable bonds is 6. The minimum absolute atomic E-state index is 0.690. The van der Waals surface area contributed by atoms with Crippen LogP contribution in [0.25, 0.3) is 0 Å². The Kier molecular flexibility index (Phi) is 7.24. The van der Waals surface area contributed by atoms with Gasteiger partial charge in [-0.3, -0.25) is 9.89 Å². The maximum absolute atomic E-state index is 6.02. The average molecular weight is 388 g/mol. The van der Waals surface area contributed by atoms with Crippen molar-refractivity contribution in [3.63, 3.8) is 0 Å². The zero-order chi connectivity index (χ0) is 18.9. The second kappa shape index (κ2) is 10.1. The topological polar surface area (TPSA) is 68.7 Å². The fraction of sp³-hybridized carbons (Fsp3) is 0.421. The Morgan fingerprint density at radius 2 is 1.89 bits per heavy atom. The van der Waals surface area contributed by atoms with E-state index in [9.17, 15) is 0 Å². The molecule has 3 rings (SSSR count). The molecule has 0 atom stereocenters. The number of hydrogen-bond acceptors (Lipinski definition) is 5. The first kappa shape index (κ1) is 19.4. The van der Waals surface area contributed by atoms with Gasteiger partial charge in [0.05, 0.1) is 0 Å². The average Bonchev–Trinajstić information content (AvgIpc) is 2.72. The number of piperazine rings is 1. The van der Waals surface area contributed by atoms with Gasteiger partial charge < -0.3 is 15.5 Å². The number of hydrogen-bond donors (Lipinski definition) is 2. The number of aliphatic imine (C=N–C) groups is 1. The molecule has 0 amide bonds. The fourth-order valence-corrected chi connectivity index (χ4v) is 3.22. The van der Waals surface area contributed by atoms with Crippen LogP contribution in [0.15, 0.2) is 47.7 Å². The van der Waals surface area contributed by atoms with Gasteiger partial charge in [-0.1, -0.05) is 23.7 Å². The van der Waals surface area contributed by atoms with Gasteiger partial charge in [-0.15, -0.1) is 0 Å². The van der Waals surface area contributed by atoms with E-state index < -0.39 is 0 Å². The highest BCUT2D eigenvalue weighted by Gasteiger charge is 2.18. The van der Waals surface area contributed by atoms with Crippen LogP contribution in [0.2, 0.25) is 5.02 Å². The Morgan fingerprint density at radius 3 is 2.59 bits per heavy atom. The highest BCUT2D eigenvalue weighted by molar-refractivity contribution is 6.30. The molecular weight excluding hydrogens is 362 g/mol. The molecular formula is C19H26ClN7. The molecule has 1 saturated heterocycles. The molecule has 27 heavy (non-hydrogen) atoms. The molecule has 0 aliphatic carbocycles. The Balaban J connectivity index is 1.35. The number of guanidine groups is 1. The number of nitrogens with zero attached hydrogens (tertiary/aromatic N) is 5. The first-order valence-electron chi connectivity index (χ1n) is 9.18. The van der Waals surface area contributed by atoms with Crippen LogP contribution >= 0.6 is 11.6 Å². The van der Waals surface area contributed by atoms with Crippen LogP contribution in [0.5, 0.6) is 0 Å². The van der Waals surface area contributed by atoms with Crippen molar-refractivity contribution >= 4 is 23.5 Å². The van der Waals surface area contributed by atoms with Crippen molar-refractivity contribution in [3.8, 4) is 0 Å². The van der Waals surface area contributed by atoms with Gasteiger partial charge in [0.15, 0.2) is 5.96 Å². The maximum atomic E-state index is 6.02. The minimum Gasteiger partial charge on any atom is -0.355 e. The predicted molar refractivity (Wildman–Crippen MR) is 110 cm³/mol. The van der Waals surface area contributed by atoms with Gasteiger partial charge in [-0.25, -0.2) is 9.97 Å². The monoisotopic (exact) mass is 387 g/mol. The molecule has 0 bridgehead atoms. The van der Waals surface area contributed by atoms with Gasteiger partial charge in [0.25, 0.3) is 0 Å². The smallest absolute Gasteiger partial charge is 0.225 e. The molecule has 144 valence electrons. The van der Waals surface area contributed by atoms with Crippen molar-refractivity contribution < 1.29 is 0 Å². The van der Waals surface area contributed by atoms with E-state index in [0.29, 0.717) is 6.54 Å². The molecule has 1 aliphatic heterocycles. The minimum atomic E-state index is 0.690. The van der Waals surface area contributed by atoms with Crippen molar-refractivity contribution in [1.82, 2.24) is 25.5 Å². The zero-order valence-corrected chi connectivity index (χ0v) is 16.4. The van der Waals surface area contributed by atoms with Crippen molar-refractivity contribution in [2.75, 3.05) is 51.2 Å². The van der Waals surface area contributed by atoms with E-state index in [1.54, 1.807) is 19.4 Å². The van der Waals surface area contributed by atoms with Crippen LogP contribution in [-0.4, -0.2) is 67.1 Å². The number of nitrogens with one attached hydrogen (secondary N) is 2. The van der Waals surface area contributed by atoms with E-state index in [-0.39, 0.29) is 0 Å². The van der Waals surface area contributed by atoms with Crippen LogP contribution in [0.3, 0.4) is 0 Å². The molecule has 8 heteroatoms. The summed E-state index contributed by atoms with van der Waals surface area (Å²) in [5, 5.41) is 7.43. The highest BCUT2D eigenvalue weighted by Crippen LogP contribution is 2.10. The summed E-state index contributed by atoms with van der Waals surface area (Å²) in [4.78, 5) is 17.6. The van der Waals surface area contributed by atoms with E-state index in [1.807, 2.05) is 30.3 Å². The quantitative estimate of drug-likeness (QED) is 0.580. The summed E-state index contributed by atoms with van der Waals surface area (Å²) >= 11 is 6.02. The van der Waals surface area contributed by atoms with E-state index in [2.05, 4.69) is 35.4 Å². The molecule has 1 aromatic heterocycles. The number of aromatic nitrogens is 2. The summed E-state index contributed by atoms with van der Waals surface area (Å²) < 4.78 is 0. The number of benzene rings is 1. The standard InChI is InChI=1S/C19H26ClN7/c1-21-18(25-15-16-4-2-5-17(20)14-16)22-8-9-26-10-12-27(13-11-26)19-23-6-3-7-24-19/h2-7,14H,8-13,15H2,1H3,(H2,21,22,25). The van der Waals surface area contributed by atoms with Crippen LogP contribution in [0, 0.1) is 0 Å². The summed E-state index contributed by atoms with van der Waals surface area (Å²) in [6.45, 7) is 6.43. The van der Waals surface area contributed by atoms with Crippen LogP contribution < -0.4 is 15.5 Å². The molecule has 0 radical (unpaired) electrons. The molecule has 0 saturated carbocycles. The Bertz CT molecular complexity index is 730. The van der Waals surface area contributed by atoms with E-state index in [1.165, 1.54) is 0 Å². The lowest BCUT2D eigenvalue weighted by Gasteiger charge is -2.34. The third-order valence-corrected chi connectivity index (χ3v) is 4.74. The lowest BCUT2D eigenvalue weighted by molar-refractivity contribution is 0.260. The number of halogens is 1. The first-order valence-corrected chi connectivity index (χ1v) is 9.55. The molecule has 7 nitrogen and oxygen atoms in total. The molecule has 2 N–H and O–H groups in total. The Labute approximate surface area is 165 Å². The van der Waals surface area contributed by atoms with E-state index in [0.717, 1.165) is 61.8 Å².